The number of hydrogen-bond acceptors (Lipinski definition) is 4. The highest BCUT2D eigenvalue weighted by molar-refractivity contribution is 9.10. The zero-order valence-corrected chi connectivity index (χ0v) is 18.8. The Bertz CT molecular complexity index is 1090. The lowest BCUT2D eigenvalue weighted by Gasteiger charge is -2.31. The number of benzene rings is 3. The molecule has 0 saturated carbocycles. The molecule has 1 heterocycles. The summed E-state index contributed by atoms with van der Waals surface area (Å²) in [5.74, 6) is 0.642. The Morgan fingerprint density at radius 2 is 1.87 bits per heavy atom. The van der Waals surface area contributed by atoms with E-state index in [4.69, 9.17) is 21.3 Å². The molecule has 154 valence electrons. The van der Waals surface area contributed by atoms with Crippen molar-refractivity contribution in [2.45, 2.75) is 25.6 Å². The Labute approximate surface area is 189 Å². The number of rotatable bonds is 5. The number of ether oxygens (including phenoxy) is 1. The summed E-state index contributed by atoms with van der Waals surface area (Å²) in [6, 6.07) is 21.2. The molecule has 0 aliphatic carbocycles. The van der Waals surface area contributed by atoms with Crippen LogP contribution in [0.1, 0.15) is 42.2 Å². The highest BCUT2D eigenvalue weighted by Crippen LogP contribution is 2.39. The fraction of sp³-hybridized carbons (Fsp3) is 0.208. The smallest absolute Gasteiger partial charge is 0.162 e. The average Bonchev–Trinajstić information content (AvgIpc) is 2.75. The van der Waals surface area contributed by atoms with Crippen LogP contribution in [-0.2, 0) is 0 Å². The number of hydrogen-bond donors (Lipinski definition) is 2. The van der Waals surface area contributed by atoms with Crippen LogP contribution in [0.2, 0.25) is 5.02 Å². The number of nitrogens with one attached hydrogen (secondary N) is 1. The second-order valence-electron chi connectivity index (χ2n) is 7.06. The molecule has 6 heteroatoms. The Kier molecular flexibility index (Phi) is 6.42. The third-order valence-electron chi connectivity index (χ3n) is 5.10. The van der Waals surface area contributed by atoms with Crippen LogP contribution in [-0.4, -0.2) is 17.4 Å². The van der Waals surface area contributed by atoms with Gasteiger partial charge in [-0.25, -0.2) is 0 Å². The molecule has 3 aromatic rings. The van der Waals surface area contributed by atoms with Crippen LogP contribution in [0.25, 0.3) is 0 Å². The van der Waals surface area contributed by atoms with Gasteiger partial charge in [0.25, 0.3) is 0 Å². The van der Waals surface area contributed by atoms with Crippen LogP contribution in [0.15, 0.2) is 76.2 Å². The van der Waals surface area contributed by atoms with E-state index in [0.717, 1.165) is 26.9 Å². The number of nitrogens with zero attached hydrogens (tertiary/aromatic N) is 1. The zero-order valence-electron chi connectivity index (χ0n) is 16.5. The van der Waals surface area contributed by atoms with E-state index in [0.29, 0.717) is 23.8 Å². The van der Waals surface area contributed by atoms with Crippen LogP contribution < -0.4 is 10.1 Å². The molecule has 0 radical (unpaired) electrons. The number of phenolic OH excluding ortho intramolecular Hbond substituents is 1. The van der Waals surface area contributed by atoms with E-state index >= 15 is 0 Å². The molecular weight excluding hydrogens is 464 g/mol. The Balaban J connectivity index is 1.78. The minimum absolute atomic E-state index is 0.154. The lowest BCUT2D eigenvalue weighted by atomic mass is 9.93. The number of halogens is 2. The van der Waals surface area contributed by atoms with Gasteiger partial charge in [0.05, 0.1) is 6.61 Å². The van der Waals surface area contributed by atoms with Gasteiger partial charge in [-0.2, -0.15) is 0 Å². The maximum Gasteiger partial charge on any atom is 0.162 e. The van der Waals surface area contributed by atoms with Crippen molar-refractivity contribution in [2.24, 2.45) is 4.99 Å². The Morgan fingerprint density at radius 3 is 2.63 bits per heavy atom. The standard InChI is InChI=1S/C24H22BrClN2O2/c1-2-30-22-12-6-10-18(23(22)29)21-14-20(15-7-5-8-16(25)13-15)27-24(28-21)17-9-3-4-11-19(17)26/h3-13,21,24,28-29H,2,14H2,1H3/t21-,24-/m0/s1. The molecule has 2 atom stereocenters. The summed E-state index contributed by atoms with van der Waals surface area (Å²) >= 11 is 10.0. The fourth-order valence-corrected chi connectivity index (χ4v) is 4.34. The first kappa shape index (κ1) is 20.9. The number of aliphatic imine (C=N–C) groups is 1. The highest BCUT2D eigenvalue weighted by atomic mass is 79.9. The molecule has 0 aromatic heterocycles. The molecule has 0 spiro atoms. The fourth-order valence-electron chi connectivity index (χ4n) is 3.70. The van der Waals surface area contributed by atoms with Gasteiger partial charge in [-0.05, 0) is 36.8 Å². The number of aromatic hydroxyl groups is 1. The Hall–Kier alpha value is -2.34. The van der Waals surface area contributed by atoms with Gasteiger partial charge in [-0.1, -0.05) is 70.0 Å². The van der Waals surface area contributed by atoms with Gasteiger partial charge in [0, 0.05) is 38.8 Å². The van der Waals surface area contributed by atoms with Gasteiger partial charge in [0.1, 0.15) is 6.17 Å². The van der Waals surface area contributed by atoms with Gasteiger partial charge in [0.15, 0.2) is 11.5 Å². The average molecular weight is 486 g/mol. The van der Waals surface area contributed by atoms with Crippen LogP contribution >= 0.6 is 27.5 Å². The van der Waals surface area contributed by atoms with Gasteiger partial charge < -0.3 is 9.84 Å². The van der Waals surface area contributed by atoms with Crippen molar-refractivity contribution >= 4 is 33.2 Å². The van der Waals surface area contributed by atoms with Crippen LogP contribution in [0.4, 0.5) is 0 Å². The molecule has 4 rings (SSSR count). The number of phenols is 1. The van der Waals surface area contributed by atoms with E-state index in [2.05, 4.69) is 27.3 Å². The zero-order chi connectivity index (χ0) is 21.1. The maximum atomic E-state index is 10.8. The Morgan fingerprint density at radius 1 is 1.10 bits per heavy atom. The van der Waals surface area contributed by atoms with E-state index in [1.54, 1.807) is 6.07 Å². The van der Waals surface area contributed by atoms with Crippen LogP contribution in [0.3, 0.4) is 0 Å². The van der Waals surface area contributed by atoms with Crippen molar-refractivity contribution in [3.63, 3.8) is 0 Å². The summed E-state index contributed by atoms with van der Waals surface area (Å²) in [7, 11) is 0. The molecule has 4 nitrogen and oxygen atoms in total. The van der Waals surface area contributed by atoms with Gasteiger partial charge in [-0.15, -0.1) is 0 Å². The predicted molar refractivity (Wildman–Crippen MR) is 125 cm³/mol. The summed E-state index contributed by atoms with van der Waals surface area (Å²) in [6.45, 7) is 2.39. The molecule has 0 unspecified atom stereocenters. The summed E-state index contributed by atoms with van der Waals surface area (Å²) in [4.78, 5) is 4.98. The predicted octanol–water partition coefficient (Wildman–Crippen LogP) is 6.43. The quantitative estimate of drug-likeness (QED) is 0.438. The molecule has 0 saturated heterocycles. The molecule has 0 amide bonds. The molecule has 1 aliphatic heterocycles. The topological polar surface area (TPSA) is 53.8 Å². The van der Waals surface area contributed by atoms with Crippen molar-refractivity contribution < 1.29 is 9.84 Å². The first-order valence-corrected chi connectivity index (χ1v) is 11.0. The molecule has 2 N–H and O–H groups in total. The highest BCUT2D eigenvalue weighted by Gasteiger charge is 2.29. The van der Waals surface area contributed by atoms with Crippen molar-refractivity contribution in [1.29, 1.82) is 0 Å². The maximum absolute atomic E-state index is 10.8. The second-order valence-corrected chi connectivity index (χ2v) is 8.38. The molecule has 0 fully saturated rings. The molecular formula is C24H22BrClN2O2. The summed E-state index contributed by atoms with van der Waals surface area (Å²) in [6.07, 6.45) is 0.294. The van der Waals surface area contributed by atoms with Gasteiger partial charge in [0.2, 0.25) is 0 Å². The van der Waals surface area contributed by atoms with Gasteiger partial charge >= 0.3 is 0 Å². The second kappa shape index (κ2) is 9.21. The summed E-state index contributed by atoms with van der Waals surface area (Å²) in [5, 5.41) is 15.1. The normalized spacial score (nSPS) is 18.7. The molecule has 30 heavy (non-hydrogen) atoms. The summed E-state index contributed by atoms with van der Waals surface area (Å²) < 4.78 is 6.58. The van der Waals surface area contributed by atoms with E-state index in [9.17, 15) is 5.11 Å². The van der Waals surface area contributed by atoms with Crippen molar-refractivity contribution in [1.82, 2.24) is 5.32 Å². The minimum Gasteiger partial charge on any atom is -0.504 e. The monoisotopic (exact) mass is 484 g/mol. The largest absolute Gasteiger partial charge is 0.504 e. The van der Waals surface area contributed by atoms with Crippen molar-refractivity contribution in [2.75, 3.05) is 6.61 Å². The van der Waals surface area contributed by atoms with Crippen LogP contribution in [0, 0.1) is 0 Å². The number of para-hydroxylation sites is 1. The lowest BCUT2D eigenvalue weighted by Crippen LogP contribution is -2.33. The first-order valence-electron chi connectivity index (χ1n) is 9.84. The molecule has 3 aromatic carbocycles. The van der Waals surface area contributed by atoms with E-state index < -0.39 is 0 Å². The van der Waals surface area contributed by atoms with Gasteiger partial charge in [-0.3, -0.25) is 10.3 Å². The third kappa shape index (κ3) is 4.38. The first-order chi connectivity index (χ1) is 14.6. The summed E-state index contributed by atoms with van der Waals surface area (Å²) in [5.41, 5.74) is 3.66. The molecule has 0 bridgehead atoms. The van der Waals surface area contributed by atoms with E-state index in [-0.39, 0.29) is 18.0 Å². The van der Waals surface area contributed by atoms with Crippen LogP contribution in [0.5, 0.6) is 11.5 Å². The van der Waals surface area contributed by atoms with Crippen molar-refractivity contribution in [3.8, 4) is 11.5 Å². The SMILES string of the molecule is CCOc1cccc([C@@H]2CC(c3cccc(Br)c3)=N[C@H](c3ccccc3Cl)N2)c1O. The van der Waals surface area contributed by atoms with E-state index in [1.165, 1.54) is 0 Å². The lowest BCUT2D eigenvalue weighted by molar-refractivity contribution is 0.313. The third-order valence-corrected chi connectivity index (χ3v) is 5.94. The molecule has 1 aliphatic rings. The minimum atomic E-state index is -0.332. The van der Waals surface area contributed by atoms with Crippen molar-refractivity contribution in [3.05, 3.63) is 92.9 Å². The van der Waals surface area contributed by atoms with E-state index in [1.807, 2.05) is 61.5 Å².